The first-order valence-corrected chi connectivity index (χ1v) is 7.01. The Morgan fingerprint density at radius 1 is 0.947 bits per heavy atom. The standard InChI is InChI=1S/C16H13NOS/c18-16-13(10-12-6-2-1-3-7-12)11-19-15-9-5-4-8-14(15)17-16/h1-9,11H,10H2,(H,17,18). The third-order valence-electron chi connectivity index (χ3n) is 2.99. The van der Waals surface area contributed by atoms with Crippen LogP contribution in [0, 0.1) is 0 Å². The molecule has 1 aliphatic heterocycles. The Bertz CT molecular complexity index is 634. The quantitative estimate of drug-likeness (QED) is 0.895. The highest BCUT2D eigenvalue weighted by Gasteiger charge is 2.16. The van der Waals surface area contributed by atoms with Crippen molar-refractivity contribution in [1.82, 2.24) is 0 Å². The van der Waals surface area contributed by atoms with Crippen molar-refractivity contribution in [3.8, 4) is 0 Å². The lowest BCUT2D eigenvalue weighted by Gasteiger charge is -2.07. The number of carbonyl (C=O) groups is 1. The minimum absolute atomic E-state index is 0.0127. The molecule has 3 rings (SSSR count). The van der Waals surface area contributed by atoms with E-state index in [4.69, 9.17) is 0 Å². The molecule has 0 unspecified atom stereocenters. The first kappa shape index (κ1) is 12.1. The number of anilines is 1. The second-order valence-electron chi connectivity index (χ2n) is 4.37. The molecule has 2 aromatic rings. The molecule has 0 atom stereocenters. The zero-order chi connectivity index (χ0) is 13.1. The molecule has 19 heavy (non-hydrogen) atoms. The number of hydrogen-bond donors (Lipinski definition) is 1. The van der Waals surface area contributed by atoms with Crippen LogP contribution in [0.25, 0.3) is 0 Å². The summed E-state index contributed by atoms with van der Waals surface area (Å²) in [6, 6.07) is 17.9. The van der Waals surface area contributed by atoms with Crippen LogP contribution in [0.5, 0.6) is 0 Å². The van der Waals surface area contributed by atoms with Crippen LogP contribution in [-0.2, 0) is 11.2 Å². The van der Waals surface area contributed by atoms with E-state index >= 15 is 0 Å². The highest BCUT2D eigenvalue weighted by molar-refractivity contribution is 8.02. The topological polar surface area (TPSA) is 29.1 Å². The molecule has 3 heteroatoms. The first-order chi connectivity index (χ1) is 9.33. The molecule has 0 spiro atoms. The van der Waals surface area contributed by atoms with Crippen LogP contribution in [0.15, 0.2) is 70.5 Å². The predicted molar refractivity (Wildman–Crippen MR) is 79.2 cm³/mol. The molecule has 0 aliphatic carbocycles. The van der Waals surface area contributed by atoms with Gasteiger partial charge in [0.1, 0.15) is 0 Å². The van der Waals surface area contributed by atoms with Crippen molar-refractivity contribution in [2.24, 2.45) is 0 Å². The summed E-state index contributed by atoms with van der Waals surface area (Å²) in [5.74, 6) is -0.0127. The molecule has 0 bridgehead atoms. The molecule has 94 valence electrons. The lowest BCUT2D eigenvalue weighted by molar-refractivity contribution is -0.112. The molecular formula is C16H13NOS. The van der Waals surface area contributed by atoms with Crippen LogP contribution in [0.3, 0.4) is 0 Å². The smallest absolute Gasteiger partial charge is 0.252 e. The minimum Gasteiger partial charge on any atom is -0.321 e. The van der Waals surface area contributed by atoms with E-state index in [0.29, 0.717) is 6.42 Å². The Morgan fingerprint density at radius 3 is 2.53 bits per heavy atom. The third-order valence-corrected chi connectivity index (χ3v) is 4.00. The number of para-hydroxylation sites is 1. The van der Waals surface area contributed by atoms with Crippen molar-refractivity contribution >= 4 is 23.4 Å². The van der Waals surface area contributed by atoms with Gasteiger partial charge in [-0.05, 0) is 23.1 Å². The fourth-order valence-corrected chi connectivity index (χ4v) is 2.86. The lowest BCUT2D eigenvalue weighted by atomic mass is 10.1. The number of nitrogens with one attached hydrogen (secondary N) is 1. The first-order valence-electron chi connectivity index (χ1n) is 6.13. The van der Waals surface area contributed by atoms with E-state index in [9.17, 15) is 4.79 Å². The molecule has 0 radical (unpaired) electrons. The number of carbonyl (C=O) groups excluding carboxylic acids is 1. The average Bonchev–Trinajstić information content (AvgIpc) is 2.60. The number of fused-ring (bicyclic) bond motifs is 1. The van der Waals surface area contributed by atoms with E-state index in [1.807, 2.05) is 60.0 Å². The van der Waals surface area contributed by atoms with E-state index < -0.39 is 0 Å². The van der Waals surface area contributed by atoms with Gasteiger partial charge in [-0.15, -0.1) is 0 Å². The Labute approximate surface area is 116 Å². The fraction of sp³-hybridized carbons (Fsp3) is 0.0625. The second kappa shape index (κ2) is 5.33. The molecular weight excluding hydrogens is 254 g/mol. The number of benzene rings is 2. The lowest BCUT2D eigenvalue weighted by Crippen LogP contribution is -2.15. The third kappa shape index (κ3) is 2.71. The van der Waals surface area contributed by atoms with E-state index in [0.717, 1.165) is 21.7 Å². The summed E-state index contributed by atoms with van der Waals surface area (Å²) < 4.78 is 0. The molecule has 0 saturated heterocycles. The fourth-order valence-electron chi connectivity index (χ4n) is 2.00. The normalized spacial score (nSPS) is 14.1. The Balaban J connectivity index is 1.85. The maximum atomic E-state index is 12.2. The van der Waals surface area contributed by atoms with Gasteiger partial charge in [-0.25, -0.2) is 0 Å². The summed E-state index contributed by atoms with van der Waals surface area (Å²) >= 11 is 1.60. The van der Waals surface area contributed by atoms with Crippen LogP contribution in [0.4, 0.5) is 5.69 Å². The molecule has 0 fully saturated rings. The van der Waals surface area contributed by atoms with E-state index in [2.05, 4.69) is 5.32 Å². The van der Waals surface area contributed by atoms with Gasteiger partial charge in [0.15, 0.2) is 0 Å². The van der Waals surface area contributed by atoms with Crippen LogP contribution in [-0.4, -0.2) is 5.91 Å². The minimum atomic E-state index is -0.0127. The van der Waals surface area contributed by atoms with Gasteiger partial charge in [0.2, 0.25) is 0 Å². The summed E-state index contributed by atoms with van der Waals surface area (Å²) in [7, 11) is 0. The predicted octanol–water partition coefficient (Wildman–Crippen LogP) is 3.86. The van der Waals surface area contributed by atoms with Crippen LogP contribution < -0.4 is 5.32 Å². The molecule has 1 N–H and O–H groups in total. The van der Waals surface area contributed by atoms with Crippen LogP contribution in [0.2, 0.25) is 0 Å². The maximum Gasteiger partial charge on any atom is 0.252 e. The average molecular weight is 267 g/mol. The largest absolute Gasteiger partial charge is 0.321 e. The molecule has 2 nitrogen and oxygen atoms in total. The molecule has 0 saturated carbocycles. The van der Waals surface area contributed by atoms with Gasteiger partial charge in [-0.1, -0.05) is 54.2 Å². The van der Waals surface area contributed by atoms with Crippen LogP contribution >= 0.6 is 11.8 Å². The van der Waals surface area contributed by atoms with E-state index in [1.54, 1.807) is 11.8 Å². The molecule has 1 amide bonds. The maximum absolute atomic E-state index is 12.2. The van der Waals surface area contributed by atoms with E-state index in [-0.39, 0.29) is 5.91 Å². The van der Waals surface area contributed by atoms with Gasteiger partial charge in [0, 0.05) is 16.9 Å². The van der Waals surface area contributed by atoms with Crippen molar-refractivity contribution in [3.05, 3.63) is 71.1 Å². The second-order valence-corrected chi connectivity index (χ2v) is 5.28. The highest BCUT2D eigenvalue weighted by atomic mass is 32.2. The Morgan fingerprint density at radius 2 is 1.68 bits per heavy atom. The van der Waals surface area contributed by atoms with Crippen molar-refractivity contribution in [2.45, 2.75) is 11.3 Å². The van der Waals surface area contributed by atoms with Gasteiger partial charge in [0.05, 0.1) is 5.69 Å². The van der Waals surface area contributed by atoms with Crippen molar-refractivity contribution < 1.29 is 4.79 Å². The number of amides is 1. The highest BCUT2D eigenvalue weighted by Crippen LogP contribution is 2.32. The summed E-state index contributed by atoms with van der Waals surface area (Å²) in [5, 5.41) is 4.92. The zero-order valence-electron chi connectivity index (χ0n) is 10.3. The summed E-state index contributed by atoms with van der Waals surface area (Å²) in [5.41, 5.74) is 2.83. The van der Waals surface area contributed by atoms with Crippen molar-refractivity contribution in [3.63, 3.8) is 0 Å². The summed E-state index contributed by atoms with van der Waals surface area (Å²) in [6.07, 6.45) is 0.660. The van der Waals surface area contributed by atoms with Crippen molar-refractivity contribution in [1.29, 1.82) is 0 Å². The number of thioether (sulfide) groups is 1. The molecule has 1 heterocycles. The monoisotopic (exact) mass is 267 g/mol. The SMILES string of the molecule is O=C1Nc2ccccc2SC=C1Cc1ccccc1. The molecule has 2 aromatic carbocycles. The van der Waals surface area contributed by atoms with Gasteiger partial charge in [-0.2, -0.15) is 0 Å². The van der Waals surface area contributed by atoms with Gasteiger partial charge in [0.25, 0.3) is 5.91 Å². The summed E-state index contributed by atoms with van der Waals surface area (Å²) in [6.45, 7) is 0. The van der Waals surface area contributed by atoms with Gasteiger partial charge >= 0.3 is 0 Å². The van der Waals surface area contributed by atoms with Gasteiger partial charge in [-0.3, -0.25) is 4.79 Å². The summed E-state index contributed by atoms with van der Waals surface area (Å²) in [4.78, 5) is 13.3. The molecule has 0 aromatic heterocycles. The number of hydrogen-bond acceptors (Lipinski definition) is 2. The van der Waals surface area contributed by atoms with Gasteiger partial charge < -0.3 is 5.32 Å². The van der Waals surface area contributed by atoms with Crippen LogP contribution in [0.1, 0.15) is 5.56 Å². The Kier molecular flexibility index (Phi) is 3.38. The number of rotatable bonds is 2. The van der Waals surface area contributed by atoms with E-state index in [1.165, 1.54) is 0 Å². The zero-order valence-corrected chi connectivity index (χ0v) is 11.1. The molecule has 1 aliphatic rings. The Hall–Kier alpha value is -2.00. The van der Waals surface area contributed by atoms with Crippen molar-refractivity contribution in [2.75, 3.05) is 5.32 Å².